The van der Waals surface area contributed by atoms with Gasteiger partial charge >= 0.3 is 0 Å². The Bertz CT molecular complexity index is 454. The van der Waals surface area contributed by atoms with Crippen LogP contribution in [0.3, 0.4) is 0 Å². The summed E-state index contributed by atoms with van der Waals surface area (Å²) in [4.78, 5) is 15.7. The van der Waals surface area contributed by atoms with Crippen molar-refractivity contribution in [2.45, 2.75) is 12.6 Å². The Kier molecular flexibility index (Phi) is 6.39. The predicted molar refractivity (Wildman–Crippen MR) is 79.4 cm³/mol. The van der Waals surface area contributed by atoms with Crippen molar-refractivity contribution < 1.29 is 9.18 Å². The van der Waals surface area contributed by atoms with Crippen LogP contribution in [0.5, 0.6) is 0 Å². The molecule has 4 nitrogen and oxygen atoms in total. The van der Waals surface area contributed by atoms with Crippen LogP contribution in [0.2, 0.25) is 0 Å². The molecule has 112 valence electrons. The molecular weight excluding hydrogens is 281 g/mol. The van der Waals surface area contributed by atoms with Gasteiger partial charge < -0.3 is 10.2 Å². The van der Waals surface area contributed by atoms with Crippen LogP contribution >= 0.6 is 12.4 Å². The number of halogens is 2. The van der Waals surface area contributed by atoms with Crippen molar-refractivity contribution in [2.24, 2.45) is 0 Å². The van der Waals surface area contributed by atoms with E-state index in [0.29, 0.717) is 24.7 Å². The fourth-order valence-electron chi connectivity index (χ4n) is 2.02. The average molecular weight is 302 g/mol. The van der Waals surface area contributed by atoms with Crippen LogP contribution in [-0.4, -0.2) is 55.5 Å². The molecular formula is C14H21ClFN3O. The standard InChI is InChI=1S/C14H20FN3O.ClH/c1-17(12-7-16-8-12)10-14(19)18(2)9-11-5-3-4-6-13(11)15;/h3-6,12,16H,7-10H2,1-2H3;1H. The fourth-order valence-corrected chi connectivity index (χ4v) is 2.02. The number of hydrogen-bond acceptors (Lipinski definition) is 3. The van der Waals surface area contributed by atoms with Gasteiger partial charge in [-0.25, -0.2) is 4.39 Å². The van der Waals surface area contributed by atoms with Crippen LogP contribution in [0, 0.1) is 5.82 Å². The van der Waals surface area contributed by atoms with Gasteiger partial charge in [0.05, 0.1) is 6.54 Å². The Labute approximate surface area is 125 Å². The van der Waals surface area contributed by atoms with Crippen LogP contribution in [0.1, 0.15) is 5.56 Å². The summed E-state index contributed by atoms with van der Waals surface area (Å²) in [7, 11) is 3.65. The van der Waals surface area contributed by atoms with Gasteiger partial charge in [-0.15, -0.1) is 12.4 Å². The molecule has 1 aliphatic rings. The van der Waals surface area contributed by atoms with Crippen LogP contribution in [0.4, 0.5) is 4.39 Å². The minimum atomic E-state index is -0.265. The molecule has 1 aromatic carbocycles. The first-order valence-corrected chi connectivity index (χ1v) is 6.46. The molecule has 1 aliphatic heterocycles. The van der Waals surface area contributed by atoms with Gasteiger partial charge in [-0.1, -0.05) is 18.2 Å². The predicted octanol–water partition coefficient (Wildman–Crippen LogP) is 1.11. The summed E-state index contributed by atoms with van der Waals surface area (Å²) in [5.41, 5.74) is 0.548. The number of nitrogens with one attached hydrogen (secondary N) is 1. The first-order chi connectivity index (χ1) is 9.08. The van der Waals surface area contributed by atoms with E-state index in [9.17, 15) is 9.18 Å². The third-order valence-corrected chi connectivity index (χ3v) is 3.56. The summed E-state index contributed by atoms with van der Waals surface area (Å²) < 4.78 is 13.5. The summed E-state index contributed by atoms with van der Waals surface area (Å²) in [6, 6.07) is 6.99. The molecule has 1 fully saturated rings. The first-order valence-electron chi connectivity index (χ1n) is 6.46. The molecule has 1 aromatic rings. The van der Waals surface area contributed by atoms with Crippen LogP contribution in [-0.2, 0) is 11.3 Å². The number of rotatable bonds is 5. The third-order valence-electron chi connectivity index (χ3n) is 3.56. The number of amides is 1. The Morgan fingerprint density at radius 1 is 1.35 bits per heavy atom. The topological polar surface area (TPSA) is 35.6 Å². The van der Waals surface area contributed by atoms with Crippen molar-refractivity contribution in [1.82, 2.24) is 15.1 Å². The normalized spacial score (nSPS) is 14.6. The van der Waals surface area contributed by atoms with E-state index in [1.807, 2.05) is 11.9 Å². The van der Waals surface area contributed by atoms with E-state index in [-0.39, 0.29) is 24.1 Å². The van der Waals surface area contributed by atoms with Gasteiger partial charge in [-0.05, 0) is 13.1 Å². The summed E-state index contributed by atoms with van der Waals surface area (Å²) in [5.74, 6) is -0.253. The molecule has 20 heavy (non-hydrogen) atoms. The Morgan fingerprint density at radius 2 is 2.00 bits per heavy atom. The van der Waals surface area contributed by atoms with Gasteiger partial charge in [0.1, 0.15) is 5.82 Å². The summed E-state index contributed by atoms with van der Waals surface area (Å²) in [5, 5.41) is 3.18. The molecule has 0 atom stereocenters. The zero-order valence-electron chi connectivity index (χ0n) is 11.8. The van der Waals surface area contributed by atoms with Gasteiger partial charge in [0, 0.05) is 38.3 Å². The van der Waals surface area contributed by atoms with E-state index in [1.165, 1.54) is 6.07 Å². The smallest absolute Gasteiger partial charge is 0.236 e. The van der Waals surface area contributed by atoms with Crippen molar-refractivity contribution in [3.8, 4) is 0 Å². The van der Waals surface area contributed by atoms with E-state index in [4.69, 9.17) is 0 Å². The summed E-state index contributed by atoms with van der Waals surface area (Å²) >= 11 is 0. The fraction of sp³-hybridized carbons (Fsp3) is 0.500. The van der Waals surface area contributed by atoms with Gasteiger partial charge in [-0.2, -0.15) is 0 Å². The number of likely N-dealkylation sites (N-methyl/N-ethyl adjacent to an activating group) is 2. The van der Waals surface area contributed by atoms with Crippen LogP contribution < -0.4 is 5.32 Å². The van der Waals surface area contributed by atoms with E-state index < -0.39 is 0 Å². The van der Waals surface area contributed by atoms with Crippen LogP contribution in [0.25, 0.3) is 0 Å². The van der Waals surface area contributed by atoms with E-state index >= 15 is 0 Å². The molecule has 1 saturated heterocycles. The number of benzene rings is 1. The highest BCUT2D eigenvalue weighted by molar-refractivity contribution is 5.85. The molecule has 0 aliphatic carbocycles. The molecule has 0 saturated carbocycles. The quantitative estimate of drug-likeness (QED) is 0.885. The highest BCUT2D eigenvalue weighted by atomic mass is 35.5. The maximum atomic E-state index is 13.5. The lowest BCUT2D eigenvalue weighted by atomic mass is 10.1. The van der Waals surface area contributed by atoms with Gasteiger partial charge in [0.25, 0.3) is 0 Å². The lowest BCUT2D eigenvalue weighted by Gasteiger charge is -2.35. The second kappa shape index (κ2) is 7.57. The molecule has 0 bridgehead atoms. The second-order valence-corrected chi connectivity index (χ2v) is 5.07. The van der Waals surface area contributed by atoms with Crippen molar-refractivity contribution in [2.75, 3.05) is 33.7 Å². The number of nitrogens with zero attached hydrogens (tertiary/aromatic N) is 2. The number of carbonyl (C=O) groups excluding carboxylic acids is 1. The largest absolute Gasteiger partial charge is 0.340 e. The van der Waals surface area contributed by atoms with Crippen molar-refractivity contribution in [3.05, 3.63) is 35.6 Å². The monoisotopic (exact) mass is 301 g/mol. The minimum Gasteiger partial charge on any atom is -0.340 e. The van der Waals surface area contributed by atoms with Crippen molar-refractivity contribution >= 4 is 18.3 Å². The maximum absolute atomic E-state index is 13.5. The Hall–Kier alpha value is -1.17. The molecule has 0 radical (unpaired) electrons. The number of carbonyl (C=O) groups is 1. The minimum absolute atomic E-state index is 0. The first kappa shape index (κ1) is 16.9. The summed E-state index contributed by atoms with van der Waals surface area (Å²) in [6.45, 7) is 2.54. The summed E-state index contributed by atoms with van der Waals surface area (Å²) in [6.07, 6.45) is 0. The maximum Gasteiger partial charge on any atom is 0.236 e. The second-order valence-electron chi connectivity index (χ2n) is 5.07. The Balaban J connectivity index is 0.00000200. The van der Waals surface area contributed by atoms with E-state index in [0.717, 1.165) is 13.1 Å². The van der Waals surface area contributed by atoms with Crippen LogP contribution in [0.15, 0.2) is 24.3 Å². The molecule has 6 heteroatoms. The van der Waals surface area contributed by atoms with E-state index in [1.54, 1.807) is 30.1 Å². The van der Waals surface area contributed by atoms with Crippen molar-refractivity contribution in [3.63, 3.8) is 0 Å². The van der Waals surface area contributed by atoms with Gasteiger partial charge in [0.15, 0.2) is 0 Å². The number of hydrogen-bond donors (Lipinski definition) is 1. The molecule has 1 amide bonds. The molecule has 0 aromatic heterocycles. The molecule has 0 unspecified atom stereocenters. The third kappa shape index (κ3) is 4.16. The lowest BCUT2D eigenvalue weighted by Crippen LogP contribution is -2.57. The highest BCUT2D eigenvalue weighted by Crippen LogP contribution is 2.09. The molecule has 1 heterocycles. The zero-order valence-corrected chi connectivity index (χ0v) is 12.6. The molecule has 0 spiro atoms. The molecule has 1 N–H and O–H groups in total. The lowest BCUT2D eigenvalue weighted by molar-refractivity contribution is -0.132. The SMILES string of the molecule is CN(Cc1ccccc1F)C(=O)CN(C)C1CNC1.Cl. The highest BCUT2D eigenvalue weighted by Gasteiger charge is 2.24. The zero-order chi connectivity index (χ0) is 13.8. The van der Waals surface area contributed by atoms with Gasteiger partial charge in [0.2, 0.25) is 5.91 Å². The molecule has 2 rings (SSSR count). The van der Waals surface area contributed by atoms with Crippen molar-refractivity contribution in [1.29, 1.82) is 0 Å². The average Bonchev–Trinajstić information content (AvgIpc) is 2.29. The Morgan fingerprint density at radius 3 is 2.55 bits per heavy atom. The van der Waals surface area contributed by atoms with E-state index in [2.05, 4.69) is 5.32 Å². The van der Waals surface area contributed by atoms with Gasteiger partial charge in [-0.3, -0.25) is 9.69 Å².